The predicted molar refractivity (Wildman–Crippen MR) is 84.0 cm³/mol. The Morgan fingerprint density at radius 1 is 1.16 bits per heavy atom. The molecule has 0 spiro atoms. The van der Waals surface area contributed by atoms with Crippen LogP contribution in [-0.2, 0) is 6.42 Å². The van der Waals surface area contributed by atoms with Gasteiger partial charge in [-0.2, -0.15) is 0 Å². The minimum absolute atomic E-state index is 0.181. The third-order valence-corrected chi connectivity index (χ3v) is 3.71. The Hall–Kier alpha value is -0.410. The molecule has 0 saturated heterocycles. The van der Waals surface area contributed by atoms with Gasteiger partial charge in [0.1, 0.15) is 5.82 Å². The molecular weight excluding hydrogens is 305 g/mol. The molecule has 0 atom stereocenters. The molecule has 3 heteroatoms. The molecule has 0 saturated carbocycles. The van der Waals surface area contributed by atoms with Gasteiger partial charge in [-0.05, 0) is 71.9 Å². The Morgan fingerprint density at radius 3 is 2.58 bits per heavy atom. The molecule has 1 aromatic carbocycles. The molecule has 0 bridgehead atoms. The lowest BCUT2D eigenvalue weighted by Gasteiger charge is -2.07. The first-order valence-corrected chi connectivity index (χ1v) is 8.03. The maximum atomic E-state index is 13.1. The molecule has 0 amide bonds. The molecular formula is C16H25BrFN. The number of benzene rings is 1. The van der Waals surface area contributed by atoms with Gasteiger partial charge < -0.3 is 5.32 Å². The Morgan fingerprint density at radius 2 is 1.89 bits per heavy atom. The molecule has 0 aromatic heterocycles. The summed E-state index contributed by atoms with van der Waals surface area (Å²) in [5.41, 5.74) is 1.21. The Balaban J connectivity index is 2.03. The highest BCUT2D eigenvalue weighted by molar-refractivity contribution is 9.10. The Bertz CT molecular complexity index is 366. The van der Waals surface area contributed by atoms with E-state index in [-0.39, 0.29) is 5.82 Å². The van der Waals surface area contributed by atoms with Gasteiger partial charge in [-0.1, -0.05) is 32.8 Å². The number of nitrogens with one attached hydrogen (secondary N) is 1. The van der Waals surface area contributed by atoms with Crippen LogP contribution in [0.1, 0.15) is 45.1 Å². The van der Waals surface area contributed by atoms with Gasteiger partial charge in [0.25, 0.3) is 0 Å². The quantitative estimate of drug-likeness (QED) is 0.633. The van der Waals surface area contributed by atoms with Crippen LogP contribution < -0.4 is 5.32 Å². The average molecular weight is 330 g/mol. The molecule has 0 unspecified atom stereocenters. The highest BCUT2D eigenvalue weighted by Gasteiger charge is 2.00. The molecule has 0 aliphatic rings. The van der Waals surface area contributed by atoms with Crippen molar-refractivity contribution in [1.29, 1.82) is 0 Å². The van der Waals surface area contributed by atoms with Crippen LogP contribution >= 0.6 is 15.9 Å². The van der Waals surface area contributed by atoms with E-state index in [1.807, 2.05) is 12.1 Å². The summed E-state index contributed by atoms with van der Waals surface area (Å²) in [4.78, 5) is 0. The molecule has 1 rings (SSSR count). The lowest BCUT2D eigenvalue weighted by atomic mass is 10.1. The second-order valence-corrected chi connectivity index (χ2v) is 6.36. The standard InChI is InChI=1S/C16H25BrFN/c1-13(2)12-19-10-6-4-3-5-7-14-8-9-16(18)15(17)11-14/h8-9,11,13,19H,3-7,10,12H2,1-2H3. The molecule has 1 nitrogen and oxygen atoms in total. The van der Waals surface area contributed by atoms with E-state index in [1.54, 1.807) is 0 Å². The average Bonchev–Trinajstić information content (AvgIpc) is 2.36. The summed E-state index contributed by atoms with van der Waals surface area (Å²) in [7, 11) is 0. The largest absolute Gasteiger partial charge is 0.316 e. The Kier molecular flexibility index (Phi) is 8.31. The van der Waals surface area contributed by atoms with Crippen molar-refractivity contribution < 1.29 is 4.39 Å². The first kappa shape index (κ1) is 16.6. The smallest absolute Gasteiger partial charge is 0.137 e. The fraction of sp³-hybridized carbons (Fsp3) is 0.625. The van der Waals surface area contributed by atoms with Crippen molar-refractivity contribution in [2.45, 2.75) is 46.0 Å². The van der Waals surface area contributed by atoms with E-state index in [0.717, 1.165) is 25.4 Å². The minimum atomic E-state index is -0.181. The summed E-state index contributed by atoms with van der Waals surface area (Å²) >= 11 is 3.23. The molecule has 0 aliphatic carbocycles. The summed E-state index contributed by atoms with van der Waals surface area (Å²) in [6, 6.07) is 5.30. The van der Waals surface area contributed by atoms with Crippen molar-refractivity contribution in [3.63, 3.8) is 0 Å². The van der Waals surface area contributed by atoms with Crippen molar-refractivity contribution in [2.24, 2.45) is 5.92 Å². The van der Waals surface area contributed by atoms with E-state index in [1.165, 1.54) is 37.3 Å². The zero-order chi connectivity index (χ0) is 14.1. The van der Waals surface area contributed by atoms with Crippen molar-refractivity contribution >= 4 is 15.9 Å². The summed E-state index contributed by atoms with van der Waals surface area (Å²) in [6.45, 7) is 6.70. The van der Waals surface area contributed by atoms with Gasteiger partial charge in [0.05, 0.1) is 4.47 Å². The van der Waals surface area contributed by atoms with Gasteiger partial charge in [-0.15, -0.1) is 0 Å². The number of unbranched alkanes of at least 4 members (excludes halogenated alkanes) is 3. The van der Waals surface area contributed by atoms with Gasteiger partial charge in [0.15, 0.2) is 0 Å². The zero-order valence-corrected chi connectivity index (χ0v) is 13.6. The lowest BCUT2D eigenvalue weighted by Crippen LogP contribution is -2.20. The predicted octanol–water partition coefficient (Wildman–Crippen LogP) is 4.94. The first-order valence-electron chi connectivity index (χ1n) is 7.24. The van der Waals surface area contributed by atoms with Gasteiger partial charge in [0.2, 0.25) is 0 Å². The molecule has 0 radical (unpaired) electrons. The third kappa shape index (κ3) is 7.68. The summed E-state index contributed by atoms with van der Waals surface area (Å²) in [6.07, 6.45) is 5.99. The first-order chi connectivity index (χ1) is 9.09. The van der Waals surface area contributed by atoms with Gasteiger partial charge in [-0.25, -0.2) is 4.39 Å². The van der Waals surface area contributed by atoms with Crippen LogP contribution in [0, 0.1) is 11.7 Å². The van der Waals surface area contributed by atoms with Crippen molar-refractivity contribution in [2.75, 3.05) is 13.1 Å². The molecule has 1 N–H and O–H groups in total. The topological polar surface area (TPSA) is 12.0 Å². The monoisotopic (exact) mass is 329 g/mol. The van der Waals surface area contributed by atoms with Crippen LogP contribution in [0.4, 0.5) is 4.39 Å². The normalized spacial score (nSPS) is 11.2. The van der Waals surface area contributed by atoms with E-state index < -0.39 is 0 Å². The van der Waals surface area contributed by atoms with Crippen LogP contribution in [0.3, 0.4) is 0 Å². The number of halogens is 2. The van der Waals surface area contributed by atoms with Crippen LogP contribution in [-0.4, -0.2) is 13.1 Å². The fourth-order valence-electron chi connectivity index (χ4n) is 2.02. The van der Waals surface area contributed by atoms with E-state index in [4.69, 9.17) is 0 Å². The van der Waals surface area contributed by atoms with E-state index in [2.05, 4.69) is 35.1 Å². The molecule has 19 heavy (non-hydrogen) atoms. The highest BCUT2D eigenvalue weighted by Crippen LogP contribution is 2.18. The number of rotatable bonds is 9. The lowest BCUT2D eigenvalue weighted by molar-refractivity contribution is 0.526. The van der Waals surface area contributed by atoms with Gasteiger partial charge in [0, 0.05) is 0 Å². The summed E-state index contributed by atoms with van der Waals surface area (Å²) < 4.78 is 13.6. The number of hydrogen-bond acceptors (Lipinski definition) is 1. The molecule has 108 valence electrons. The van der Waals surface area contributed by atoms with Crippen LogP contribution in [0.15, 0.2) is 22.7 Å². The zero-order valence-electron chi connectivity index (χ0n) is 12.0. The van der Waals surface area contributed by atoms with Crippen molar-refractivity contribution in [3.8, 4) is 0 Å². The van der Waals surface area contributed by atoms with E-state index >= 15 is 0 Å². The van der Waals surface area contributed by atoms with Gasteiger partial charge in [-0.3, -0.25) is 0 Å². The Labute approximate surface area is 125 Å². The molecule has 0 aliphatic heterocycles. The van der Waals surface area contributed by atoms with Crippen molar-refractivity contribution in [1.82, 2.24) is 5.32 Å². The van der Waals surface area contributed by atoms with Gasteiger partial charge >= 0.3 is 0 Å². The van der Waals surface area contributed by atoms with E-state index in [9.17, 15) is 4.39 Å². The van der Waals surface area contributed by atoms with Crippen LogP contribution in [0.2, 0.25) is 0 Å². The molecule has 0 fully saturated rings. The fourth-order valence-corrected chi connectivity index (χ4v) is 2.44. The molecule has 0 heterocycles. The minimum Gasteiger partial charge on any atom is -0.316 e. The van der Waals surface area contributed by atoms with Crippen LogP contribution in [0.5, 0.6) is 0 Å². The van der Waals surface area contributed by atoms with E-state index in [0.29, 0.717) is 4.47 Å². The van der Waals surface area contributed by atoms with Crippen molar-refractivity contribution in [3.05, 3.63) is 34.1 Å². The highest BCUT2D eigenvalue weighted by atomic mass is 79.9. The second kappa shape index (κ2) is 9.49. The maximum Gasteiger partial charge on any atom is 0.137 e. The summed E-state index contributed by atoms with van der Waals surface area (Å²) in [5.74, 6) is 0.553. The van der Waals surface area contributed by atoms with Crippen LogP contribution in [0.25, 0.3) is 0 Å². The third-order valence-electron chi connectivity index (χ3n) is 3.11. The second-order valence-electron chi connectivity index (χ2n) is 5.51. The maximum absolute atomic E-state index is 13.1. The number of hydrogen-bond donors (Lipinski definition) is 1. The summed E-state index contributed by atoms with van der Waals surface area (Å²) in [5, 5.41) is 3.46. The SMILES string of the molecule is CC(C)CNCCCCCCc1ccc(F)c(Br)c1. The molecule has 1 aromatic rings. The number of aryl methyl sites for hydroxylation is 1.